The first-order valence-electron chi connectivity index (χ1n) is 5.31. The van der Waals surface area contributed by atoms with Gasteiger partial charge in [0.2, 0.25) is 5.91 Å². The lowest BCUT2D eigenvalue weighted by molar-refractivity contribution is -0.121. The summed E-state index contributed by atoms with van der Waals surface area (Å²) in [6.07, 6.45) is 4.83. The van der Waals surface area contributed by atoms with Crippen LogP contribution in [0.25, 0.3) is 0 Å². The highest BCUT2D eigenvalue weighted by Crippen LogP contribution is 2.03. The van der Waals surface area contributed by atoms with Gasteiger partial charge < -0.3 is 4.74 Å². The maximum absolute atomic E-state index is 10.7. The fourth-order valence-corrected chi connectivity index (χ4v) is 1.23. The van der Waals surface area contributed by atoms with Crippen LogP contribution in [0.15, 0.2) is 0 Å². The van der Waals surface area contributed by atoms with E-state index in [-0.39, 0.29) is 5.91 Å². The average Bonchev–Trinajstić information content (AvgIpc) is 2.17. The quantitative estimate of drug-likeness (QED) is 0.270. The van der Waals surface area contributed by atoms with Gasteiger partial charge in [0.25, 0.3) is 0 Å². The van der Waals surface area contributed by atoms with E-state index in [1.807, 2.05) is 0 Å². The van der Waals surface area contributed by atoms with Crippen LogP contribution in [0.1, 0.15) is 46.0 Å². The van der Waals surface area contributed by atoms with Crippen LogP contribution in [0.3, 0.4) is 0 Å². The first-order chi connectivity index (χ1) is 6.70. The van der Waals surface area contributed by atoms with Crippen molar-refractivity contribution in [3.63, 3.8) is 0 Å². The molecule has 14 heavy (non-hydrogen) atoms. The molecule has 1 amide bonds. The summed E-state index contributed by atoms with van der Waals surface area (Å²) < 4.78 is 5.53. The van der Waals surface area contributed by atoms with E-state index in [2.05, 4.69) is 19.3 Å². The zero-order valence-electron chi connectivity index (χ0n) is 9.21. The van der Waals surface area contributed by atoms with E-state index >= 15 is 0 Å². The Morgan fingerprint density at radius 1 is 1.50 bits per heavy atom. The Hall–Kier alpha value is -0.610. The third-order valence-electron chi connectivity index (χ3n) is 2.06. The molecule has 4 heteroatoms. The van der Waals surface area contributed by atoms with Gasteiger partial charge in [-0.2, -0.15) is 0 Å². The highest BCUT2D eigenvalue weighted by Gasteiger charge is 2.01. The summed E-state index contributed by atoms with van der Waals surface area (Å²) in [4.78, 5) is 10.7. The SMILES string of the molecule is CCCC(C)OCCCCC(=O)NN. The third kappa shape index (κ3) is 8.01. The number of rotatable bonds is 8. The highest BCUT2D eigenvalue weighted by atomic mass is 16.5. The van der Waals surface area contributed by atoms with Crippen LogP contribution in [0.4, 0.5) is 0 Å². The van der Waals surface area contributed by atoms with Crippen molar-refractivity contribution in [3.8, 4) is 0 Å². The minimum atomic E-state index is -0.105. The molecule has 0 spiro atoms. The van der Waals surface area contributed by atoms with Crippen molar-refractivity contribution in [1.29, 1.82) is 0 Å². The zero-order chi connectivity index (χ0) is 10.8. The fourth-order valence-electron chi connectivity index (χ4n) is 1.23. The van der Waals surface area contributed by atoms with E-state index in [1.165, 1.54) is 0 Å². The highest BCUT2D eigenvalue weighted by molar-refractivity contribution is 5.74. The molecule has 0 heterocycles. The van der Waals surface area contributed by atoms with Gasteiger partial charge in [-0.3, -0.25) is 10.2 Å². The van der Waals surface area contributed by atoms with Gasteiger partial charge >= 0.3 is 0 Å². The minimum absolute atomic E-state index is 0.105. The van der Waals surface area contributed by atoms with Crippen molar-refractivity contribution < 1.29 is 9.53 Å². The normalized spacial score (nSPS) is 12.5. The van der Waals surface area contributed by atoms with Gasteiger partial charge in [-0.1, -0.05) is 13.3 Å². The van der Waals surface area contributed by atoms with Gasteiger partial charge in [0.05, 0.1) is 6.10 Å². The van der Waals surface area contributed by atoms with Gasteiger partial charge in [-0.25, -0.2) is 5.84 Å². The first-order valence-corrected chi connectivity index (χ1v) is 5.31. The molecule has 0 aliphatic rings. The molecular formula is C10H22N2O2. The Morgan fingerprint density at radius 3 is 2.79 bits per heavy atom. The Morgan fingerprint density at radius 2 is 2.21 bits per heavy atom. The van der Waals surface area contributed by atoms with Crippen LogP contribution in [0.5, 0.6) is 0 Å². The summed E-state index contributed by atoms with van der Waals surface area (Å²) in [5.41, 5.74) is 2.11. The van der Waals surface area contributed by atoms with Crippen molar-refractivity contribution in [2.45, 2.75) is 52.1 Å². The van der Waals surface area contributed by atoms with E-state index in [0.717, 1.165) is 32.3 Å². The van der Waals surface area contributed by atoms with Crippen LogP contribution in [-0.2, 0) is 9.53 Å². The molecule has 0 bridgehead atoms. The predicted molar refractivity (Wildman–Crippen MR) is 56.5 cm³/mol. The minimum Gasteiger partial charge on any atom is -0.379 e. The second-order valence-electron chi connectivity index (χ2n) is 3.49. The lowest BCUT2D eigenvalue weighted by Gasteiger charge is -2.11. The molecule has 1 unspecified atom stereocenters. The molecule has 0 radical (unpaired) electrons. The number of hydrazine groups is 1. The van der Waals surface area contributed by atoms with E-state index < -0.39 is 0 Å². The van der Waals surface area contributed by atoms with Crippen molar-refractivity contribution in [1.82, 2.24) is 5.43 Å². The Kier molecular flexibility index (Phi) is 8.57. The first kappa shape index (κ1) is 13.4. The second kappa shape index (κ2) is 8.97. The molecule has 3 N–H and O–H groups in total. The van der Waals surface area contributed by atoms with Crippen molar-refractivity contribution in [2.75, 3.05) is 6.61 Å². The number of carbonyl (C=O) groups excluding carboxylic acids is 1. The summed E-state index contributed by atoms with van der Waals surface area (Å²) in [5, 5.41) is 0. The average molecular weight is 202 g/mol. The molecule has 0 saturated carbocycles. The topological polar surface area (TPSA) is 64.3 Å². The molecular weight excluding hydrogens is 180 g/mol. The van der Waals surface area contributed by atoms with Gasteiger partial charge in [0.15, 0.2) is 0 Å². The Bertz CT molecular complexity index is 151. The number of ether oxygens (including phenoxy) is 1. The molecule has 84 valence electrons. The molecule has 0 saturated heterocycles. The predicted octanol–water partition coefficient (Wildman–Crippen LogP) is 1.35. The molecule has 0 aromatic carbocycles. The number of hydrogen-bond acceptors (Lipinski definition) is 3. The molecule has 0 aliphatic heterocycles. The Labute approximate surface area is 86.2 Å². The number of unbranched alkanes of at least 4 members (excludes halogenated alkanes) is 1. The molecule has 0 aromatic heterocycles. The summed E-state index contributed by atoms with van der Waals surface area (Å²) in [6.45, 7) is 4.96. The lowest BCUT2D eigenvalue weighted by Crippen LogP contribution is -2.29. The van der Waals surface area contributed by atoms with Crippen molar-refractivity contribution >= 4 is 5.91 Å². The monoisotopic (exact) mass is 202 g/mol. The number of nitrogens with one attached hydrogen (secondary N) is 1. The number of hydrogen-bond donors (Lipinski definition) is 2. The lowest BCUT2D eigenvalue weighted by atomic mass is 10.2. The summed E-state index contributed by atoms with van der Waals surface area (Å²) >= 11 is 0. The van der Waals surface area contributed by atoms with Gasteiger partial charge in [-0.05, 0) is 26.2 Å². The van der Waals surface area contributed by atoms with E-state index in [0.29, 0.717) is 12.5 Å². The van der Waals surface area contributed by atoms with Crippen LogP contribution >= 0.6 is 0 Å². The summed E-state index contributed by atoms with van der Waals surface area (Å²) in [5.74, 6) is 4.84. The molecule has 1 atom stereocenters. The summed E-state index contributed by atoms with van der Waals surface area (Å²) in [6, 6.07) is 0. The number of amides is 1. The van der Waals surface area contributed by atoms with Crippen LogP contribution in [0, 0.1) is 0 Å². The van der Waals surface area contributed by atoms with Crippen molar-refractivity contribution in [3.05, 3.63) is 0 Å². The maximum atomic E-state index is 10.7. The standard InChI is InChI=1S/C10H22N2O2/c1-3-6-9(2)14-8-5-4-7-10(13)12-11/h9H,3-8,11H2,1-2H3,(H,12,13). The Balaban J connectivity index is 3.17. The van der Waals surface area contributed by atoms with Crippen molar-refractivity contribution in [2.24, 2.45) is 5.84 Å². The van der Waals surface area contributed by atoms with Gasteiger partial charge in [-0.15, -0.1) is 0 Å². The van der Waals surface area contributed by atoms with Crippen LogP contribution < -0.4 is 11.3 Å². The van der Waals surface area contributed by atoms with Crippen LogP contribution in [-0.4, -0.2) is 18.6 Å². The molecule has 0 rings (SSSR count). The molecule has 0 fully saturated rings. The van der Waals surface area contributed by atoms with Gasteiger partial charge in [0.1, 0.15) is 0 Å². The molecule has 4 nitrogen and oxygen atoms in total. The van der Waals surface area contributed by atoms with Crippen LogP contribution in [0.2, 0.25) is 0 Å². The maximum Gasteiger partial charge on any atom is 0.233 e. The number of carbonyl (C=O) groups is 1. The smallest absolute Gasteiger partial charge is 0.233 e. The molecule has 0 aliphatic carbocycles. The van der Waals surface area contributed by atoms with E-state index in [4.69, 9.17) is 10.6 Å². The van der Waals surface area contributed by atoms with Gasteiger partial charge in [0, 0.05) is 13.0 Å². The van der Waals surface area contributed by atoms with E-state index in [1.54, 1.807) is 0 Å². The zero-order valence-corrected chi connectivity index (χ0v) is 9.21. The number of nitrogens with two attached hydrogens (primary N) is 1. The third-order valence-corrected chi connectivity index (χ3v) is 2.06. The second-order valence-corrected chi connectivity index (χ2v) is 3.49. The summed E-state index contributed by atoms with van der Waals surface area (Å²) in [7, 11) is 0. The molecule has 0 aromatic rings. The van der Waals surface area contributed by atoms with E-state index in [9.17, 15) is 4.79 Å². The fraction of sp³-hybridized carbons (Fsp3) is 0.900. The largest absolute Gasteiger partial charge is 0.379 e.